The van der Waals surface area contributed by atoms with Crippen LogP contribution in [-0.4, -0.2) is 51.7 Å². The fraction of sp³-hybridized carbons (Fsp3) is 0.613. The van der Waals surface area contributed by atoms with Crippen molar-refractivity contribution in [2.24, 2.45) is 5.92 Å². The maximum Gasteiger partial charge on any atom is 0.410 e. The second kappa shape index (κ2) is 15.4. The number of carbonyl (C=O) groups is 2. The minimum atomic E-state index is -0.430. The van der Waals surface area contributed by atoms with E-state index in [9.17, 15) is 9.59 Å². The molecule has 0 spiro atoms. The summed E-state index contributed by atoms with van der Waals surface area (Å²) in [6.07, 6.45) is 8.05. The van der Waals surface area contributed by atoms with Crippen molar-refractivity contribution in [1.82, 2.24) is 14.9 Å². The molecule has 8 nitrogen and oxygen atoms in total. The lowest BCUT2D eigenvalue weighted by molar-refractivity contribution is -0.138. The van der Waals surface area contributed by atoms with Crippen molar-refractivity contribution in [1.29, 1.82) is 0 Å². The molecule has 0 bridgehead atoms. The summed E-state index contributed by atoms with van der Waals surface area (Å²) in [5.74, 6) is 2.31. The SMILES string of the molecule is CC(C)(C)OC=O.Cc1nc(CCCCC2CCN(C(=O)OC(C)(C)C)CC2)ncc1OCc1ccccc1. The third-order valence-corrected chi connectivity index (χ3v) is 6.15. The Bertz CT molecular complexity index is 1010. The average molecular weight is 542 g/mol. The van der Waals surface area contributed by atoms with Gasteiger partial charge >= 0.3 is 6.09 Å². The van der Waals surface area contributed by atoms with E-state index in [0.29, 0.717) is 19.0 Å². The molecule has 0 N–H and O–H groups in total. The summed E-state index contributed by atoms with van der Waals surface area (Å²) in [5.41, 5.74) is 1.27. The number of carbonyl (C=O) groups excluding carboxylic acids is 2. The van der Waals surface area contributed by atoms with E-state index in [-0.39, 0.29) is 11.7 Å². The van der Waals surface area contributed by atoms with Crippen molar-refractivity contribution in [3.05, 3.63) is 53.6 Å². The fourth-order valence-electron chi connectivity index (χ4n) is 4.09. The number of amides is 1. The van der Waals surface area contributed by atoms with Crippen LogP contribution in [0.5, 0.6) is 5.75 Å². The fourth-order valence-corrected chi connectivity index (χ4v) is 4.09. The molecule has 216 valence electrons. The topological polar surface area (TPSA) is 90.9 Å². The van der Waals surface area contributed by atoms with Gasteiger partial charge in [0, 0.05) is 19.5 Å². The van der Waals surface area contributed by atoms with Gasteiger partial charge in [-0.2, -0.15) is 0 Å². The summed E-state index contributed by atoms with van der Waals surface area (Å²) in [6.45, 7) is 15.8. The van der Waals surface area contributed by atoms with Crippen LogP contribution in [0.15, 0.2) is 36.5 Å². The highest BCUT2D eigenvalue weighted by molar-refractivity contribution is 5.68. The van der Waals surface area contributed by atoms with Crippen LogP contribution in [0, 0.1) is 12.8 Å². The Morgan fingerprint density at radius 1 is 1.03 bits per heavy atom. The molecule has 0 aliphatic carbocycles. The second-order valence-corrected chi connectivity index (χ2v) is 12.0. The number of hydrogen-bond donors (Lipinski definition) is 0. The van der Waals surface area contributed by atoms with E-state index in [4.69, 9.17) is 9.47 Å². The van der Waals surface area contributed by atoms with Crippen LogP contribution in [0.1, 0.15) is 90.7 Å². The molecule has 0 radical (unpaired) electrons. The van der Waals surface area contributed by atoms with Gasteiger partial charge < -0.3 is 19.1 Å². The van der Waals surface area contributed by atoms with Crippen LogP contribution in [0.2, 0.25) is 0 Å². The number of nitrogens with zero attached hydrogens (tertiary/aromatic N) is 3. The number of likely N-dealkylation sites (tertiary alicyclic amines) is 1. The van der Waals surface area contributed by atoms with Gasteiger partial charge in [0.2, 0.25) is 0 Å². The van der Waals surface area contributed by atoms with Gasteiger partial charge in [0.1, 0.15) is 23.6 Å². The summed E-state index contributed by atoms with van der Waals surface area (Å²) in [4.78, 5) is 32.8. The molecule has 0 unspecified atom stereocenters. The maximum absolute atomic E-state index is 12.2. The van der Waals surface area contributed by atoms with Gasteiger partial charge in [0.25, 0.3) is 6.47 Å². The van der Waals surface area contributed by atoms with E-state index in [1.807, 2.05) is 83.7 Å². The molecule has 0 atom stereocenters. The molecule has 1 aliphatic rings. The predicted octanol–water partition coefficient (Wildman–Crippen LogP) is 6.68. The highest BCUT2D eigenvalue weighted by Crippen LogP contribution is 2.24. The highest BCUT2D eigenvalue weighted by Gasteiger charge is 2.26. The first-order valence-corrected chi connectivity index (χ1v) is 13.9. The monoisotopic (exact) mass is 541 g/mol. The normalized spacial score (nSPS) is 14.2. The zero-order chi connectivity index (χ0) is 28.9. The zero-order valence-corrected chi connectivity index (χ0v) is 24.9. The average Bonchev–Trinajstić information content (AvgIpc) is 2.86. The molecule has 0 saturated carbocycles. The number of piperidine rings is 1. The minimum absolute atomic E-state index is 0.181. The van der Waals surface area contributed by atoms with Crippen molar-refractivity contribution < 1.29 is 23.8 Å². The molecular weight excluding hydrogens is 494 g/mol. The van der Waals surface area contributed by atoms with Crippen LogP contribution in [0.25, 0.3) is 0 Å². The number of hydrogen-bond acceptors (Lipinski definition) is 7. The Balaban J connectivity index is 0.000000673. The van der Waals surface area contributed by atoms with Crippen molar-refractivity contribution in [3.8, 4) is 5.75 Å². The van der Waals surface area contributed by atoms with E-state index in [2.05, 4.69) is 14.7 Å². The number of benzene rings is 1. The van der Waals surface area contributed by atoms with E-state index >= 15 is 0 Å². The van der Waals surface area contributed by atoms with Crippen molar-refractivity contribution in [2.45, 2.75) is 105 Å². The summed E-state index contributed by atoms with van der Waals surface area (Å²) in [7, 11) is 0. The molecule has 2 heterocycles. The molecule has 2 aromatic rings. The smallest absolute Gasteiger partial charge is 0.410 e. The lowest BCUT2D eigenvalue weighted by Crippen LogP contribution is -2.41. The summed E-state index contributed by atoms with van der Waals surface area (Å²) in [5, 5.41) is 0. The molecule has 1 aromatic carbocycles. The van der Waals surface area contributed by atoms with Gasteiger partial charge in [0.15, 0.2) is 5.75 Å². The molecule has 1 aliphatic heterocycles. The summed E-state index contributed by atoms with van der Waals surface area (Å²) >= 11 is 0. The Morgan fingerprint density at radius 3 is 2.23 bits per heavy atom. The third kappa shape index (κ3) is 13.5. The molecule has 8 heteroatoms. The van der Waals surface area contributed by atoms with Crippen LogP contribution < -0.4 is 4.74 Å². The number of unbranched alkanes of at least 4 members (excludes halogenated alkanes) is 1. The van der Waals surface area contributed by atoms with Gasteiger partial charge in [-0.05, 0) is 79.2 Å². The van der Waals surface area contributed by atoms with E-state index in [1.54, 1.807) is 6.20 Å². The first kappa shape index (κ1) is 32.1. The quantitative estimate of drug-likeness (QED) is 0.258. The Hall–Kier alpha value is -3.16. The van der Waals surface area contributed by atoms with Gasteiger partial charge in [-0.15, -0.1) is 0 Å². The van der Waals surface area contributed by atoms with Gasteiger partial charge in [-0.25, -0.2) is 14.8 Å². The van der Waals surface area contributed by atoms with Crippen LogP contribution in [0.3, 0.4) is 0 Å². The Labute approximate surface area is 234 Å². The maximum atomic E-state index is 12.2. The minimum Gasteiger partial charge on any atom is -0.485 e. The number of aryl methyl sites for hydroxylation is 2. The van der Waals surface area contributed by atoms with E-state index < -0.39 is 5.60 Å². The van der Waals surface area contributed by atoms with Crippen LogP contribution in [0.4, 0.5) is 4.79 Å². The summed E-state index contributed by atoms with van der Waals surface area (Å²) < 4.78 is 15.9. The molecular formula is C31H47N3O5. The van der Waals surface area contributed by atoms with E-state index in [1.165, 1.54) is 6.42 Å². The van der Waals surface area contributed by atoms with Crippen LogP contribution in [-0.2, 0) is 27.3 Å². The molecule has 1 amide bonds. The van der Waals surface area contributed by atoms with Crippen molar-refractivity contribution in [3.63, 3.8) is 0 Å². The summed E-state index contributed by atoms with van der Waals surface area (Å²) in [6, 6.07) is 10.1. The number of rotatable bonds is 9. The Morgan fingerprint density at radius 2 is 1.69 bits per heavy atom. The standard InChI is InChI=1S/C26H37N3O3.C5H10O2/c1-20-23(31-19-22-11-6-5-7-12-22)18-27-24(28-20)13-9-8-10-21-14-16-29(17-15-21)25(30)32-26(2,3)4;1-5(2,3)7-4-6/h5-7,11-12,18,21H,8-10,13-17,19H2,1-4H3;4H,1-3H3. The zero-order valence-electron chi connectivity index (χ0n) is 24.9. The molecule has 3 rings (SSSR count). The Kier molecular flexibility index (Phi) is 12.7. The lowest BCUT2D eigenvalue weighted by Gasteiger charge is -2.33. The molecule has 39 heavy (non-hydrogen) atoms. The lowest BCUT2D eigenvalue weighted by atomic mass is 9.91. The van der Waals surface area contributed by atoms with Gasteiger partial charge in [0.05, 0.1) is 11.9 Å². The first-order chi connectivity index (χ1) is 18.4. The third-order valence-electron chi connectivity index (χ3n) is 6.15. The molecule has 1 fully saturated rings. The van der Waals surface area contributed by atoms with Crippen LogP contribution >= 0.6 is 0 Å². The van der Waals surface area contributed by atoms with Crippen molar-refractivity contribution >= 4 is 12.6 Å². The van der Waals surface area contributed by atoms with Gasteiger partial charge in [-0.3, -0.25) is 4.79 Å². The van der Waals surface area contributed by atoms with Crippen molar-refractivity contribution in [2.75, 3.05) is 13.1 Å². The number of ether oxygens (including phenoxy) is 3. The first-order valence-electron chi connectivity index (χ1n) is 13.9. The molecule has 1 aromatic heterocycles. The molecule has 1 saturated heterocycles. The second-order valence-electron chi connectivity index (χ2n) is 12.0. The largest absolute Gasteiger partial charge is 0.485 e. The highest BCUT2D eigenvalue weighted by atomic mass is 16.6. The predicted molar refractivity (Wildman–Crippen MR) is 153 cm³/mol. The van der Waals surface area contributed by atoms with Gasteiger partial charge in [-0.1, -0.05) is 43.2 Å². The number of aromatic nitrogens is 2. The van der Waals surface area contributed by atoms with E-state index in [0.717, 1.165) is 68.0 Å².